The molecule has 4 aromatic rings. The summed E-state index contributed by atoms with van der Waals surface area (Å²) in [5.74, 6) is 0.273. The summed E-state index contributed by atoms with van der Waals surface area (Å²) in [4.78, 5) is 23.5. The van der Waals surface area contributed by atoms with Gasteiger partial charge >= 0.3 is 12.2 Å². The van der Waals surface area contributed by atoms with Crippen LogP contribution in [0.15, 0.2) is 66.9 Å². The summed E-state index contributed by atoms with van der Waals surface area (Å²) >= 11 is 0. The summed E-state index contributed by atoms with van der Waals surface area (Å²) in [5.41, 5.74) is 0.399. The van der Waals surface area contributed by atoms with E-state index >= 15 is 0 Å². The third kappa shape index (κ3) is 5.92. The fourth-order valence-electron chi connectivity index (χ4n) is 3.95. The number of nitrogens with one attached hydrogen (secondary N) is 3. The molecule has 3 aromatic carbocycles. The van der Waals surface area contributed by atoms with E-state index in [0.29, 0.717) is 16.8 Å². The van der Waals surface area contributed by atoms with Gasteiger partial charge in [0.1, 0.15) is 11.6 Å². The maximum atomic E-state index is 14.8. The number of fused-ring (bicyclic) bond motifs is 1. The standard InChI is InChI=1S/C26H22F4N6O2/c27-20-13-18(34-25(37)33-17-3-1-2-16(12-17)26(28,29)30)4-7-23(20)38-19-5-6-21-22(14-19)35-24(15-32-21)36-10-8-31-9-11-36/h1-7,12-15,31H,8-11H2,(H2,33,34,37). The topological polar surface area (TPSA) is 91.4 Å². The number of alkyl halides is 3. The van der Waals surface area contributed by atoms with Gasteiger partial charge in [-0.25, -0.2) is 14.2 Å². The molecule has 38 heavy (non-hydrogen) atoms. The van der Waals surface area contributed by atoms with Gasteiger partial charge in [0, 0.05) is 49.7 Å². The van der Waals surface area contributed by atoms with Crippen LogP contribution in [-0.2, 0) is 6.18 Å². The quantitative estimate of drug-likeness (QED) is 0.292. The minimum absolute atomic E-state index is 0.0581. The van der Waals surface area contributed by atoms with Crippen molar-refractivity contribution in [1.82, 2.24) is 15.3 Å². The summed E-state index contributed by atoms with van der Waals surface area (Å²) in [6.07, 6.45) is -2.82. The number of aromatic nitrogens is 2. The van der Waals surface area contributed by atoms with Gasteiger partial charge in [-0.2, -0.15) is 13.2 Å². The molecule has 0 unspecified atom stereocenters. The van der Waals surface area contributed by atoms with Crippen molar-refractivity contribution in [1.29, 1.82) is 0 Å². The van der Waals surface area contributed by atoms with Gasteiger partial charge in [0.15, 0.2) is 11.6 Å². The average Bonchev–Trinajstić information content (AvgIpc) is 2.90. The largest absolute Gasteiger partial charge is 0.454 e. The molecule has 1 aliphatic rings. The fourth-order valence-corrected chi connectivity index (χ4v) is 3.95. The minimum atomic E-state index is -4.54. The summed E-state index contributed by atoms with van der Waals surface area (Å²) < 4.78 is 59.1. The molecule has 0 saturated carbocycles. The second-order valence-electron chi connectivity index (χ2n) is 8.52. The Morgan fingerprint density at radius 3 is 2.45 bits per heavy atom. The number of hydrogen-bond donors (Lipinski definition) is 3. The highest BCUT2D eigenvalue weighted by atomic mass is 19.4. The summed E-state index contributed by atoms with van der Waals surface area (Å²) in [6, 6.07) is 12.2. The number of piperazine rings is 1. The number of benzene rings is 3. The molecule has 1 saturated heterocycles. The van der Waals surface area contributed by atoms with Crippen molar-refractivity contribution in [2.45, 2.75) is 6.18 Å². The van der Waals surface area contributed by atoms with Crippen LogP contribution in [0.2, 0.25) is 0 Å². The molecule has 1 fully saturated rings. The highest BCUT2D eigenvalue weighted by molar-refractivity contribution is 5.99. The van der Waals surface area contributed by atoms with E-state index in [1.54, 1.807) is 24.4 Å². The molecule has 0 aliphatic carbocycles. The number of nitrogens with zero attached hydrogens (tertiary/aromatic N) is 3. The van der Waals surface area contributed by atoms with Crippen molar-refractivity contribution in [3.05, 3.63) is 78.2 Å². The number of urea groups is 1. The van der Waals surface area contributed by atoms with Crippen LogP contribution < -0.4 is 25.6 Å². The van der Waals surface area contributed by atoms with Crippen molar-refractivity contribution in [3.8, 4) is 11.5 Å². The third-order valence-electron chi connectivity index (χ3n) is 5.81. The van der Waals surface area contributed by atoms with E-state index in [9.17, 15) is 22.4 Å². The van der Waals surface area contributed by atoms with Gasteiger partial charge in [0.05, 0.1) is 22.8 Å². The van der Waals surface area contributed by atoms with Crippen molar-refractivity contribution in [2.75, 3.05) is 41.7 Å². The highest BCUT2D eigenvalue weighted by Crippen LogP contribution is 2.31. The van der Waals surface area contributed by atoms with Crippen LogP contribution >= 0.6 is 0 Å². The first-order chi connectivity index (χ1) is 18.2. The molecule has 5 rings (SSSR count). The summed E-state index contributed by atoms with van der Waals surface area (Å²) in [6.45, 7) is 3.36. The molecule has 0 spiro atoms. The normalized spacial score (nSPS) is 13.8. The Balaban J connectivity index is 1.26. The molecule has 196 valence electrons. The van der Waals surface area contributed by atoms with Gasteiger partial charge in [0.25, 0.3) is 0 Å². The lowest BCUT2D eigenvalue weighted by Crippen LogP contribution is -2.43. The Hall–Kier alpha value is -4.45. The van der Waals surface area contributed by atoms with E-state index in [1.807, 2.05) is 0 Å². The van der Waals surface area contributed by atoms with Gasteiger partial charge in [-0.1, -0.05) is 6.07 Å². The van der Waals surface area contributed by atoms with Crippen LogP contribution in [0, 0.1) is 5.82 Å². The predicted molar refractivity (Wildman–Crippen MR) is 135 cm³/mol. The number of rotatable bonds is 5. The first-order valence-electron chi connectivity index (χ1n) is 11.7. The van der Waals surface area contributed by atoms with Crippen LogP contribution in [0.25, 0.3) is 11.0 Å². The average molecular weight is 526 g/mol. The fraction of sp³-hybridized carbons (Fsp3) is 0.192. The SMILES string of the molecule is O=C(Nc1cccc(C(F)(F)F)c1)Nc1ccc(Oc2ccc3ncc(N4CCNCC4)nc3c2)c(F)c1. The Morgan fingerprint density at radius 1 is 0.947 bits per heavy atom. The zero-order chi connectivity index (χ0) is 26.7. The molecule has 12 heteroatoms. The second kappa shape index (κ2) is 10.5. The molecule has 1 aromatic heterocycles. The Morgan fingerprint density at radius 2 is 1.71 bits per heavy atom. The Kier molecular flexibility index (Phi) is 6.97. The lowest BCUT2D eigenvalue weighted by Gasteiger charge is -2.28. The number of ether oxygens (including phenoxy) is 1. The van der Waals surface area contributed by atoms with Gasteiger partial charge < -0.3 is 25.6 Å². The Bertz CT molecular complexity index is 1470. The zero-order valence-electron chi connectivity index (χ0n) is 19.8. The van der Waals surface area contributed by atoms with Crippen LogP contribution in [0.4, 0.5) is 39.5 Å². The smallest absolute Gasteiger partial charge is 0.416 e. The first kappa shape index (κ1) is 25.2. The van der Waals surface area contributed by atoms with Crippen molar-refractivity contribution < 1.29 is 27.1 Å². The van der Waals surface area contributed by atoms with Crippen LogP contribution in [0.1, 0.15) is 5.56 Å². The van der Waals surface area contributed by atoms with Gasteiger partial charge in [-0.05, 0) is 42.5 Å². The van der Waals surface area contributed by atoms with Gasteiger partial charge in [-0.3, -0.25) is 4.98 Å². The molecular formula is C26H22F4N6O2. The molecule has 0 radical (unpaired) electrons. The van der Waals surface area contributed by atoms with Crippen LogP contribution in [0.3, 0.4) is 0 Å². The first-order valence-corrected chi connectivity index (χ1v) is 11.7. The molecule has 0 bridgehead atoms. The number of carbonyl (C=O) groups excluding carboxylic acids is 1. The molecule has 1 aliphatic heterocycles. The summed E-state index contributed by atoms with van der Waals surface area (Å²) in [5, 5.41) is 7.97. The van der Waals surface area contributed by atoms with E-state index in [1.165, 1.54) is 24.3 Å². The van der Waals surface area contributed by atoms with Crippen molar-refractivity contribution in [2.24, 2.45) is 0 Å². The number of carbonyl (C=O) groups is 1. The van der Waals surface area contributed by atoms with E-state index in [0.717, 1.165) is 50.2 Å². The second-order valence-corrected chi connectivity index (χ2v) is 8.52. The van der Waals surface area contributed by atoms with Crippen molar-refractivity contribution >= 4 is 34.3 Å². The highest BCUT2D eigenvalue weighted by Gasteiger charge is 2.30. The number of anilines is 3. The van der Waals surface area contributed by atoms with Crippen molar-refractivity contribution in [3.63, 3.8) is 0 Å². The van der Waals surface area contributed by atoms with Gasteiger partial charge in [-0.15, -0.1) is 0 Å². The predicted octanol–water partition coefficient (Wildman–Crippen LogP) is 5.63. The maximum absolute atomic E-state index is 14.8. The molecular weight excluding hydrogens is 504 g/mol. The molecule has 2 amide bonds. The molecule has 0 atom stereocenters. The number of amides is 2. The zero-order valence-corrected chi connectivity index (χ0v) is 19.8. The van der Waals surface area contributed by atoms with Crippen LogP contribution in [-0.4, -0.2) is 42.2 Å². The van der Waals surface area contributed by atoms with Gasteiger partial charge in [0.2, 0.25) is 0 Å². The maximum Gasteiger partial charge on any atom is 0.416 e. The molecule has 8 nitrogen and oxygen atoms in total. The lowest BCUT2D eigenvalue weighted by atomic mass is 10.2. The van der Waals surface area contributed by atoms with E-state index in [4.69, 9.17) is 4.74 Å². The minimum Gasteiger partial charge on any atom is -0.454 e. The van der Waals surface area contributed by atoms with E-state index in [-0.39, 0.29) is 17.1 Å². The monoisotopic (exact) mass is 526 g/mol. The number of hydrogen-bond acceptors (Lipinski definition) is 6. The summed E-state index contributed by atoms with van der Waals surface area (Å²) in [7, 11) is 0. The van der Waals surface area contributed by atoms with Crippen LogP contribution in [0.5, 0.6) is 11.5 Å². The van der Waals surface area contributed by atoms with E-state index < -0.39 is 23.6 Å². The molecule has 3 N–H and O–H groups in total. The van der Waals surface area contributed by atoms with E-state index in [2.05, 4.69) is 30.8 Å². The Labute approximate surface area is 214 Å². The third-order valence-corrected chi connectivity index (χ3v) is 5.81. The lowest BCUT2D eigenvalue weighted by molar-refractivity contribution is -0.137. The number of halogens is 4. The molecule has 2 heterocycles.